The monoisotopic (exact) mass is 346 g/mol. The van der Waals surface area contributed by atoms with Crippen LogP contribution in [0.5, 0.6) is 17.2 Å². The molecule has 0 saturated carbocycles. The summed E-state index contributed by atoms with van der Waals surface area (Å²) in [6.45, 7) is 8.11. The van der Waals surface area contributed by atoms with E-state index in [2.05, 4.69) is 41.4 Å². The molecular weight excluding hydrogens is 320 g/mol. The van der Waals surface area contributed by atoms with E-state index in [1.807, 2.05) is 25.1 Å². The van der Waals surface area contributed by atoms with E-state index in [1.54, 1.807) is 21.3 Å². The van der Waals surface area contributed by atoms with E-state index >= 15 is 0 Å². The molecule has 0 aliphatic carbocycles. The van der Waals surface area contributed by atoms with Crippen molar-refractivity contribution in [3.8, 4) is 17.2 Å². The quantitative estimate of drug-likeness (QED) is 0.824. The molecule has 7 nitrogen and oxygen atoms in total. The number of benzene rings is 1. The van der Waals surface area contributed by atoms with Crippen molar-refractivity contribution >= 4 is 17.5 Å². The molecule has 0 amide bonds. The van der Waals surface area contributed by atoms with Crippen molar-refractivity contribution in [2.75, 3.05) is 32.0 Å². The van der Waals surface area contributed by atoms with Crippen molar-refractivity contribution in [3.05, 3.63) is 23.9 Å². The molecule has 2 N–H and O–H groups in total. The molecule has 0 radical (unpaired) electrons. The number of aryl methyl sites for hydroxylation is 1. The second-order valence-electron chi connectivity index (χ2n) is 6.63. The number of nitrogens with zero attached hydrogens (tertiary/aromatic N) is 2. The van der Waals surface area contributed by atoms with Crippen LogP contribution < -0.4 is 24.8 Å². The Morgan fingerprint density at radius 1 is 0.880 bits per heavy atom. The lowest BCUT2D eigenvalue weighted by atomic mass is 10.1. The molecule has 0 aliphatic heterocycles. The zero-order valence-corrected chi connectivity index (χ0v) is 15.9. The van der Waals surface area contributed by atoms with Gasteiger partial charge in [0.15, 0.2) is 11.5 Å². The van der Waals surface area contributed by atoms with E-state index in [0.29, 0.717) is 29.0 Å². The highest BCUT2D eigenvalue weighted by Crippen LogP contribution is 2.40. The first-order valence-corrected chi connectivity index (χ1v) is 7.96. The van der Waals surface area contributed by atoms with Gasteiger partial charge in [-0.2, -0.15) is 4.98 Å². The van der Waals surface area contributed by atoms with Crippen LogP contribution in [0, 0.1) is 6.92 Å². The highest BCUT2D eigenvalue weighted by atomic mass is 16.5. The van der Waals surface area contributed by atoms with Gasteiger partial charge >= 0.3 is 0 Å². The fourth-order valence-electron chi connectivity index (χ4n) is 2.33. The maximum absolute atomic E-state index is 5.38. The standard InChI is InChI=1S/C18H26N4O3/c1-11-8-15(21-17(19-11)22-18(2,3)4)20-12-9-13(23-5)16(25-7)14(10-12)24-6/h8-10H,1-7H3,(H2,19,20,21,22). The fourth-order valence-corrected chi connectivity index (χ4v) is 2.33. The van der Waals surface area contributed by atoms with Gasteiger partial charge in [0.05, 0.1) is 21.3 Å². The first-order chi connectivity index (χ1) is 11.8. The molecule has 1 heterocycles. The summed E-state index contributed by atoms with van der Waals surface area (Å²) in [5, 5.41) is 6.54. The van der Waals surface area contributed by atoms with Crippen LogP contribution in [0.25, 0.3) is 0 Å². The Morgan fingerprint density at radius 2 is 1.48 bits per heavy atom. The molecule has 0 unspecified atom stereocenters. The number of rotatable bonds is 6. The third-order valence-electron chi connectivity index (χ3n) is 3.28. The lowest BCUT2D eigenvalue weighted by Crippen LogP contribution is -2.27. The smallest absolute Gasteiger partial charge is 0.225 e. The van der Waals surface area contributed by atoms with E-state index < -0.39 is 0 Å². The van der Waals surface area contributed by atoms with Gasteiger partial charge in [-0.25, -0.2) is 4.98 Å². The average molecular weight is 346 g/mol. The summed E-state index contributed by atoms with van der Waals surface area (Å²) < 4.78 is 16.1. The van der Waals surface area contributed by atoms with Gasteiger partial charge in [0.2, 0.25) is 11.7 Å². The first-order valence-electron chi connectivity index (χ1n) is 7.96. The molecule has 1 aromatic carbocycles. The van der Waals surface area contributed by atoms with Crippen LogP contribution >= 0.6 is 0 Å². The van der Waals surface area contributed by atoms with Crippen molar-refractivity contribution in [2.24, 2.45) is 0 Å². The molecule has 1 aromatic heterocycles. The molecule has 0 fully saturated rings. The summed E-state index contributed by atoms with van der Waals surface area (Å²) in [5.74, 6) is 2.94. The minimum Gasteiger partial charge on any atom is -0.493 e. The second kappa shape index (κ2) is 7.46. The largest absolute Gasteiger partial charge is 0.493 e. The molecule has 25 heavy (non-hydrogen) atoms. The Morgan fingerprint density at radius 3 is 1.96 bits per heavy atom. The summed E-state index contributed by atoms with van der Waals surface area (Å²) in [5.41, 5.74) is 1.50. The van der Waals surface area contributed by atoms with Gasteiger partial charge in [0.1, 0.15) is 5.82 Å². The van der Waals surface area contributed by atoms with Crippen molar-refractivity contribution < 1.29 is 14.2 Å². The fraction of sp³-hybridized carbons (Fsp3) is 0.444. The van der Waals surface area contributed by atoms with Gasteiger partial charge in [-0.3, -0.25) is 0 Å². The Balaban J connectivity index is 2.36. The van der Waals surface area contributed by atoms with Crippen molar-refractivity contribution in [1.82, 2.24) is 9.97 Å². The van der Waals surface area contributed by atoms with E-state index in [-0.39, 0.29) is 5.54 Å². The van der Waals surface area contributed by atoms with Crippen molar-refractivity contribution in [2.45, 2.75) is 33.2 Å². The number of anilines is 3. The Labute approximate surface area is 148 Å². The van der Waals surface area contributed by atoms with Crippen LogP contribution in [0.15, 0.2) is 18.2 Å². The van der Waals surface area contributed by atoms with Crippen LogP contribution in [0.2, 0.25) is 0 Å². The zero-order valence-electron chi connectivity index (χ0n) is 15.9. The maximum Gasteiger partial charge on any atom is 0.225 e. The normalized spacial score (nSPS) is 11.0. The lowest BCUT2D eigenvalue weighted by molar-refractivity contribution is 0.324. The Hall–Kier alpha value is -2.70. The molecule has 0 bridgehead atoms. The molecule has 0 aliphatic rings. The van der Waals surface area contributed by atoms with Gasteiger partial charge in [0, 0.05) is 35.1 Å². The Bertz CT molecular complexity index is 717. The van der Waals surface area contributed by atoms with Gasteiger partial charge in [-0.05, 0) is 27.7 Å². The highest BCUT2D eigenvalue weighted by Gasteiger charge is 2.15. The van der Waals surface area contributed by atoms with Crippen LogP contribution in [0.3, 0.4) is 0 Å². The number of ether oxygens (including phenoxy) is 3. The summed E-state index contributed by atoms with van der Waals surface area (Å²) in [7, 11) is 4.74. The molecule has 0 saturated heterocycles. The minimum absolute atomic E-state index is 0.127. The van der Waals surface area contributed by atoms with E-state index in [4.69, 9.17) is 14.2 Å². The molecule has 0 spiro atoms. The third kappa shape index (κ3) is 4.89. The summed E-state index contributed by atoms with van der Waals surface area (Å²) >= 11 is 0. The van der Waals surface area contributed by atoms with Gasteiger partial charge in [-0.1, -0.05) is 0 Å². The number of hydrogen-bond acceptors (Lipinski definition) is 7. The topological polar surface area (TPSA) is 77.5 Å². The molecular formula is C18H26N4O3. The first kappa shape index (κ1) is 18.6. The van der Waals surface area contributed by atoms with E-state index in [9.17, 15) is 0 Å². The summed E-state index contributed by atoms with van der Waals surface area (Å²) in [6, 6.07) is 5.53. The van der Waals surface area contributed by atoms with Crippen LogP contribution in [0.4, 0.5) is 17.5 Å². The van der Waals surface area contributed by atoms with Gasteiger partial charge < -0.3 is 24.8 Å². The average Bonchev–Trinajstić information content (AvgIpc) is 2.51. The van der Waals surface area contributed by atoms with E-state index in [0.717, 1.165) is 11.4 Å². The van der Waals surface area contributed by atoms with Gasteiger partial charge in [0.25, 0.3) is 0 Å². The van der Waals surface area contributed by atoms with E-state index in [1.165, 1.54) is 0 Å². The van der Waals surface area contributed by atoms with Crippen molar-refractivity contribution in [3.63, 3.8) is 0 Å². The summed E-state index contributed by atoms with van der Waals surface area (Å²) in [6.07, 6.45) is 0. The molecule has 2 aromatic rings. The molecule has 2 rings (SSSR count). The zero-order chi connectivity index (χ0) is 18.6. The van der Waals surface area contributed by atoms with Crippen molar-refractivity contribution in [1.29, 1.82) is 0 Å². The molecule has 7 heteroatoms. The molecule has 136 valence electrons. The molecule has 0 atom stereocenters. The number of aromatic nitrogens is 2. The third-order valence-corrected chi connectivity index (χ3v) is 3.28. The predicted molar refractivity (Wildman–Crippen MR) is 99.5 cm³/mol. The van der Waals surface area contributed by atoms with Crippen LogP contribution in [-0.2, 0) is 0 Å². The van der Waals surface area contributed by atoms with Crippen LogP contribution in [-0.4, -0.2) is 36.8 Å². The van der Waals surface area contributed by atoms with Crippen LogP contribution in [0.1, 0.15) is 26.5 Å². The Kier molecular flexibility index (Phi) is 5.56. The van der Waals surface area contributed by atoms with Gasteiger partial charge in [-0.15, -0.1) is 0 Å². The summed E-state index contributed by atoms with van der Waals surface area (Å²) in [4.78, 5) is 8.95. The minimum atomic E-state index is -0.127. The predicted octanol–water partition coefficient (Wildman–Crippen LogP) is 3.76. The highest BCUT2D eigenvalue weighted by molar-refractivity contribution is 5.67. The number of hydrogen-bond donors (Lipinski definition) is 2. The maximum atomic E-state index is 5.38. The SMILES string of the molecule is COc1cc(Nc2cc(C)nc(NC(C)(C)C)n2)cc(OC)c1OC. The lowest BCUT2D eigenvalue weighted by Gasteiger charge is -2.21. The number of methoxy groups -OCH3 is 3. The second-order valence-corrected chi connectivity index (χ2v) is 6.63. The number of nitrogens with one attached hydrogen (secondary N) is 2.